The molecule has 0 saturated carbocycles. The topological polar surface area (TPSA) is 58.6 Å². The zero-order chi connectivity index (χ0) is 17.1. The minimum absolute atomic E-state index is 0.0569. The van der Waals surface area contributed by atoms with E-state index in [9.17, 15) is 9.59 Å². The lowest BCUT2D eigenvalue weighted by atomic mass is 10.1. The van der Waals surface area contributed by atoms with E-state index in [0.29, 0.717) is 19.4 Å². The Morgan fingerprint density at radius 3 is 2.83 bits per heavy atom. The molecule has 3 rings (SSSR count). The number of ether oxygens (including phenoxy) is 1. The average molecular weight is 324 g/mol. The summed E-state index contributed by atoms with van der Waals surface area (Å²) in [4.78, 5) is 25.6. The summed E-state index contributed by atoms with van der Waals surface area (Å²) in [7, 11) is 3.39. The monoisotopic (exact) mass is 324 g/mol. The van der Waals surface area contributed by atoms with Gasteiger partial charge in [0.05, 0.1) is 20.0 Å². The van der Waals surface area contributed by atoms with Crippen LogP contribution < -0.4 is 15.0 Å². The molecule has 0 unspecified atom stereocenters. The molecular formula is C19H20N2O3. The second-order valence-electron chi connectivity index (χ2n) is 5.86. The molecule has 0 radical (unpaired) electrons. The Labute approximate surface area is 141 Å². The molecule has 0 aromatic heterocycles. The van der Waals surface area contributed by atoms with Crippen molar-refractivity contribution in [2.75, 3.05) is 19.1 Å². The van der Waals surface area contributed by atoms with Gasteiger partial charge in [0.2, 0.25) is 11.8 Å². The molecule has 0 fully saturated rings. The Balaban J connectivity index is 1.62. The first-order valence-electron chi connectivity index (χ1n) is 7.85. The lowest BCUT2D eigenvalue weighted by molar-refractivity contribution is -0.120. The largest absolute Gasteiger partial charge is 0.496 e. The molecule has 1 N–H and O–H groups in total. The molecule has 0 aliphatic carbocycles. The molecule has 124 valence electrons. The lowest BCUT2D eigenvalue weighted by Crippen LogP contribution is -2.24. The molecule has 24 heavy (non-hydrogen) atoms. The standard InChI is InChI=1S/C19H20N2O3/c1-21-16-8-7-13(9-15(16)11-19(21)23)10-18(22)20-12-14-5-3-4-6-17(14)24-2/h3-9H,10-12H2,1-2H3,(H,20,22). The Morgan fingerprint density at radius 1 is 1.25 bits per heavy atom. The second-order valence-corrected chi connectivity index (χ2v) is 5.86. The molecule has 0 spiro atoms. The van der Waals surface area contributed by atoms with Gasteiger partial charge in [-0.2, -0.15) is 0 Å². The number of hydrogen-bond donors (Lipinski definition) is 1. The third kappa shape index (κ3) is 3.25. The quantitative estimate of drug-likeness (QED) is 0.916. The van der Waals surface area contributed by atoms with Crippen molar-refractivity contribution in [3.8, 4) is 5.75 Å². The zero-order valence-corrected chi connectivity index (χ0v) is 13.8. The summed E-state index contributed by atoms with van der Waals surface area (Å²) in [5.74, 6) is 0.790. The summed E-state index contributed by atoms with van der Waals surface area (Å²) >= 11 is 0. The molecule has 2 amide bonds. The van der Waals surface area contributed by atoms with E-state index in [-0.39, 0.29) is 11.8 Å². The number of likely N-dealkylation sites (N-methyl/N-ethyl adjacent to an activating group) is 1. The van der Waals surface area contributed by atoms with Crippen molar-refractivity contribution < 1.29 is 14.3 Å². The van der Waals surface area contributed by atoms with E-state index in [1.54, 1.807) is 19.1 Å². The number of methoxy groups -OCH3 is 1. The van der Waals surface area contributed by atoms with Crippen LogP contribution in [0.4, 0.5) is 5.69 Å². The Kier molecular flexibility index (Phi) is 4.51. The van der Waals surface area contributed by atoms with Crippen molar-refractivity contribution >= 4 is 17.5 Å². The first kappa shape index (κ1) is 16.1. The number of rotatable bonds is 5. The number of amides is 2. The summed E-state index contributed by atoms with van der Waals surface area (Å²) in [5.41, 5.74) is 3.76. The van der Waals surface area contributed by atoms with Gasteiger partial charge in [0.1, 0.15) is 5.75 Å². The Bertz CT molecular complexity index is 786. The molecular weight excluding hydrogens is 304 g/mol. The number of para-hydroxylation sites is 1. The van der Waals surface area contributed by atoms with E-state index in [4.69, 9.17) is 4.74 Å². The Morgan fingerprint density at radius 2 is 2.04 bits per heavy atom. The fourth-order valence-electron chi connectivity index (χ4n) is 2.92. The van der Waals surface area contributed by atoms with Crippen LogP contribution in [-0.4, -0.2) is 26.0 Å². The first-order valence-corrected chi connectivity index (χ1v) is 7.85. The summed E-state index contributed by atoms with van der Waals surface area (Å²) in [6.07, 6.45) is 0.697. The molecule has 1 aliphatic heterocycles. The number of hydrogen-bond acceptors (Lipinski definition) is 3. The third-order valence-electron chi connectivity index (χ3n) is 4.25. The molecule has 2 aromatic rings. The van der Waals surface area contributed by atoms with E-state index in [0.717, 1.165) is 28.1 Å². The molecule has 0 atom stereocenters. The van der Waals surface area contributed by atoms with Crippen LogP contribution >= 0.6 is 0 Å². The molecule has 5 nitrogen and oxygen atoms in total. The normalized spacial score (nSPS) is 12.9. The summed E-state index contributed by atoms with van der Waals surface area (Å²) < 4.78 is 5.28. The molecule has 0 bridgehead atoms. The second kappa shape index (κ2) is 6.74. The van der Waals surface area contributed by atoms with Crippen LogP contribution in [-0.2, 0) is 29.0 Å². The summed E-state index contributed by atoms with van der Waals surface area (Å²) in [6, 6.07) is 13.4. The van der Waals surface area contributed by atoms with E-state index < -0.39 is 0 Å². The molecule has 2 aromatic carbocycles. The molecule has 1 aliphatic rings. The van der Waals surface area contributed by atoms with Crippen LogP contribution in [0.5, 0.6) is 5.75 Å². The number of nitrogens with zero attached hydrogens (tertiary/aromatic N) is 1. The number of benzene rings is 2. The highest BCUT2D eigenvalue weighted by Gasteiger charge is 2.24. The van der Waals surface area contributed by atoms with Gasteiger partial charge in [-0.3, -0.25) is 9.59 Å². The highest BCUT2D eigenvalue weighted by atomic mass is 16.5. The SMILES string of the molecule is COc1ccccc1CNC(=O)Cc1ccc2c(c1)CC(=O)N2C. The first-order chi connectivity index (χ1) is 11.6. The van der Waals surface area contributed by atoms with Gasteiger partial charge in [0.15, 0.2) is 0 Å². The van der Waals surface area contributed by atoms with Gasteiger partial charge < -0.3 is 15.0 Å². The lowest BCUT2D eigenvalue weighted by Gasteiger charge is -2.11. The molecule has 1 heterocycles. The molecule has 5 heteroatoms. The van der Waals surface area contributed by atoms with Crippen molar-refractivity contribution in [2.24, 2.45) is 0 Å². The number of fused-ring (bicyclic) bond motifs is 1. The maximum atomic E-state index is 12.2. The minimum Gasteiger partial charge on any atom is -0.496 e. The predicted molar refractivity (Wildman–Crippen MR) is 92.1 cm³/mol. The number of nitrogens with one attached hydrogen (secondary N) is 1. The average Bonchev–Trinajstić information content (AvgIpc) is 2.87. The van der Waals surface area contributed by atoms with Gasteiger partial charge in [-0.25, -0.2) is 0 Å². The summed E-state index contributed by atoms with van der Waals surface area (Å²) in [6.45, 7) is 0.426. The van der Waals surface area contributed by atoms with Crippen molar-refractivity contribution in [3.05, 3.63) is 59.2 Å². The van der Waals surface area contributed by atoms with Crippen molar-refractivity contribution in [2.45, 2.75) is 19.4 Å². The maximum Gasteiger partial charge on any atom is 0.231 e. The van der Waals surface area contributed by atoms with Crippen LogP contribution in [0.3, 0.4) is 0 Å². The van der Waals surface area contributed by atoms with Crippen molar-refractivity contribution in [3.63, 3.8) is 0 Å². The van der Waals surface area contributed by atoms with Crippen molar-refractivity contribution in [1.82, 2.24) is 5.32 Å². The Hall–Kier alpha value is -2.82. The van der Waals surface area contributed by atoms with Gasteiger partial charge >= 0.3 is 0 Å². The number of carbonyl (C=O) groups excluding carboxylic acids is 2. The third-order valence-corrected chi connectivity index (χ3v) is 4.25. The molecule has 0 saturated heterocycles. The highest BCUT2D eigenvalue weighted by molar-refractivity contribution is 6.01. The van der Waals surface area contributed by atoms with E-state index in [2.05, 4.69) is 5.32 Å². The van der Waals surface area contributed by atoms with E-state index >= 15 is 0 Å². The van der Waals surface area contributed by atoms with Crippen LogP contribution in [0.2, 0.25) is 0 Å². The highest BCUT2D eigenvalue weighted by Crippen LogP contribution is 2.28. The van der Waals surface area contributed by atoms with E-state index in [1.165, 1.54) is 0 Å². The van der Waals surface area contributed by atoms with Gasteiger partial charge in [-0.1, -0.05) is 30.3 Å². The van der Waals surface area contributed by atoms with Gasteiger partial charge in [-0.05, 0) is 23.3 Å². The van der Waals surface area contributed by atoms with Crippen molar-refractivity contribution in [1.29, 1.82) is 0 Å². The fraction of sp³-hybridized carbons (Fsp3) is 0.263. The predicted octanol–water partition coefficient (Wildman–Crippen LogP) is 2.07. The van der Waals surface area contributed by atoms with Crippen LogP contribution in [0.15, 0.2) is 42.5 Å². The summed E-state index contributed by atoms with van der Waals surface area (Å²) in [5, 5.41) is 2.91. The number of anilines is 1. The van der Waals surface area contributed by atoms with Crippen LogP contribution in [0.25, 0.3) is 0 Å². The van der Waals surface area contributed by atoms with Gasteiger partial charge in [0, 0.05) is 24.8 Å². The fourth-order valence-corrected chi connectivity index (χ4v) is 2.92. The van der Waals surface area contributed by atoms with Gasteiger partial charge in [-0.15, -0.1) is 0 Å². The van der Waals surface area contributed by atoms with Crippen LogP contribution in [0.1, 0.15) is 16.7 Å². The minimum atomic E-state index is -0.0569. The van der Waals surface area contributed by atoms with Crippen LogP contribution in [0, 0.1) is 0 Å². The van der Waals surface area contributed by atoms with E-state index in [1.807, 2.05) is 42.5 Å². The van der Waals surface area contributed by atoms with Gasteiger partial charge in [0.25, 0.3) is 0 Å². The maximum absolute atomic E-state index is 12.2. The smallest absolute Gasteiger partial charge is 0.231 e. The number of carbonyl (C=O) groups is 2. The zero-order valence-electron chi connectivity index (χ0n) is 13.8.